The Balaban J connectivity index is 0.00000462. The molecule has 1 aromatic heterocycles. The van der Waals surface area contributed by atoms with Gasteiger partial charge in [-0.15, -0.1) is 23.2 Å². The van der Waals surface area contributed by atoms with Crippen molar-refractivity contribution in [3.63, 3.8) is 0 Å². The number of rotatable bonds is 13. The molecule has 6 N–H and O–H groups in total. The van der Waals surface area contributed by atoms with Crippen LogP contribution in [-0.2, 0) is 13.0 Å². The first-order chi connectivity index (χ1) is 19.3. The second-order valence-electron chi connectivity index (χ2n) is 9.91. The van der Waals surface area contributed by atoms with Gasteiger partial charge in [0.2, 0.25) is 0 Å². The van der Waals surface area contributed by atoms with Gasteiger partial charge in [0.25, 0.3) is 5.91 Å². The van der Waals surface area contributed by atoms with Crippen molar-refractivity contribution < 1.29 is 23.7 Å². The molecule has 0 unspecified atom stereocenters. The van der Waals surface area contributed by atoms with E-state index in [9.17, 15) is 19.0 Å². The third-order valence-corrected chi connectivity index (χ3v) is 9.53. The smallest absolute Gasteiger partial charge is 0.251 e. The zero-order valence-electron chi connectivity index (χ0n) is 23.4. The second kappa shape index (κ2) is 15.6. The van der Waals surface area contributed by atoms with Crippen molar-refractivity contribution in [2.45, 2.75) is 44.9 Å². The molecule has 0 radical (unpaired) electrons. The summed E-state index contributed by atoms with van der Waals surface area (Å²) in [5.41, 5.74) is 3.77. The van der Waals surface area contributed by atoms with E-state index in [-0.39, 0.29) is 24.9 Å². The number of benzene rings is 2. The Hall–Kier alpha value is -2.51. The number of amides is 1. The number of hydrogen-bond donors (Lipinski definition) is 6. The molecule has 0 aliphatic carbocycles. The monoisotopic (exact) mass is 624 g/mol. The van der Waals surface area contributed by atoms with Crippen LogP contribution in [0.15, 0.2) is 59.3 Å². The lowest BCUT2D eigenvalue weighted by Crippen LogP contribution is -2.48. The molecule has 1 fully saturated rings. The highest BCUT2D eigenvalue weighted by Crippen LogP contribution is 2.50. The molecule has 1 amide bonds. The molecule has 0 saturated carbocycles. The summed E-state index contributed by atoms with van der Waals surface area (Å²) in [5, 5.41) is 24.7. The van der Waals surface area contributed by atoms with E-state index >= 15 is 0 Å². The first-order valence-corrected chi connectivity index (χ1v) is 16.2. The standard InChI is InChI=1S/C29H40N4O5S2.ClH/c1-3-31-24-15-23(16-25(17-24)33-10-4-5-12-40(33,36)37)29(35)32-27(14-22-9-11-39-20-22)28(34)19-30-18-21-7-6-8-26(13-21)38-2;/h6-9,11,13,15-17,20,27-28,30-31,34,36-37H,3-5,10,12,14,18-19H2,1-2H3,(H,32,35);1H/t27-,28-;/m0./s1. The normalized spacial score (nSPS) is 16.7. The summed E-state index contributed by atoms with van der Waals surface area (Å²) < 4.78 is 28.3. The fourth-order valence-corrected chi connectivity index (χ4v) is 7.14. The number of carbonyl (C=O) groups excluding carboxylic acids is 1. The highest BCUT2D eigenvalue weighted by Gasteiger charge is 2.28. The van der Waals surface area contributed by atoms with Gasteiger partial charge in [0.05, 0.1) is 30.7 Å². The Morgan fingerprint density at radius 1 is 1.15 bits per heavy atom. The number of aliphatic hydroxyl groups is 1. The lowest BCUT2D eigenvalue weighted by molar-refractivity contribution is 0.0830. The number of nitrogens with zero attached hydrogens (tertiary/aromatic N) is 1. The van der Waals surface area contributed by atoms with Crippen molar-refractivity contribution in [2.75, 3.05) is 42.1 Å². The lowest BCUT2D eigenvalue weighted by atomic mass is 10.0. The molecule has 3 aromatic rings. The lowest BCUT2D eigenvalue weighted by Gasteiger charge is -2.47. The summed E-state index contributed by atoms with van der Waals surface area (Å²) in [4.78, 5) is 13.6. The second-order valence-corrected chi connectivity index (χ2v) is 12.8. The van der Waals surface area contributed by atoms with E-state index in [1.54, 1.807) is 34.9 Å². The quantitative estimate of drug-likeness (QED) is 0.150. The van der Waals surface area contributed by atoms with Gasteiger partial charge in [-0.25, -0.2) is 0 Å². The number of anilines is 2. The van der Waals surface area contributed by atoms with Crippen LogP contribution in [0.5, 0.6) is 5.75 Å². The van der Waals surface area contributed by atoms with Crippen LogP contribution in [0.4, 0.5) is 11.4 Å². The molecule has 0 bridgehead atoms. The number of aliphatic hydroxyl groups excluding tert-OH is 1. The van der Waals surface area contributed by atoms with E-state index in [1.165, 1.54) is 0 Å². The third kappa shape index (κ3) is 9.24. The highest BCUT2D eigenvalue weighted by molar-refractivity contribution is 8.25. The Morgan fingerprint density at radius 2 is 1.98 bits per heavy atom. The molecule has 1 aliphatic heterocycles. The Bertz CT molecular complexity index is 1250. The SMILES string of the molecule is CCNc1cc(C(=O)N[C@@H](Cc2ccsc2)[C@@H](O)CNCc2cccc(OC)c2)cc(N2CCCCS2(O)O)c1.Cl. The van der Waals surface area contributed by atoms with E-state index in [0.717, 1.165) is 35.4 Å². The summed E-state index contributed by atoms with van der Waals surface area (Å²) in [5.74, 6) is 0.756. The number of nitrogens with one attached hydrogen (secondary N) is 3. The van der Waals surface area contributed by atoms with Crippen LogP contribution in [0.25, 0.3) is 0 Å². The van der Waals surface area contributed by atoms with Crippen molar-refractivity contribution in [3.05, 3.63) is 76.0 Å². The number of hydrogen-bond acceptors (Lipinski definition) is 9. The summed E-state index contributed by atoms with van der Waals surface area (Å²) in [7, 11) is -1.31. The zero-order valence-corrected chi connectivity index (χ0v) is 25.9. The maximum absolute atomic E-state index is 13.6. The van der Waals surface area contributed by atoms with Gasteiger partial charge in [0.15, 0.2) is 0 Å². The fraction of sp³-hybridized carbons (Fsp3) is 0.414. The van der Waals surface area contributed by atoms with Gasteiger partial charge in [0.1, 0.15) is 5.75 Å². The summed E-state index contributed by atoms with van der Waals surface area (Å²) in [6.07, 6.45) is 1.23. The van der Waals surface area contributed by atoms with Gasteiger partial charge >= 0.3 is 0 Å². The first kappa shape index (κ1) is 33.0. The molecule has 0 spiro atoms. The first-order valence-electron chi connectivity index (χ1n) is 13.5. The van der Waals surface area contributed by atoms with Crippen molar-refractivity contribution in [3.8, 4) is 5.75 Å². The summed E-state index contributed by atoms with van der Waals surface area (Å²) in [6, 6.07) is 14.5. The van der Waals surface area contributed by atoms with Crippen LogP contribution in [0.1, 0.15) is 41.3 Å². The number of thiophene rings is 1. The molecule has 2 aromatic carbocycles. The van der Waals surface area contributed by atoms with Crippen LogP contribution in [0.3, 0.4) is 0 Å². The minimum atomic E-state index is -2.94. The van der Waals surface area contributed by atoms with E-state index in [1.807, 2.05) is 54.1 Å². The Kier molecular flexibility index (Phi) is 12.6. The van der Waals surface area contributed by atoms with E-state index in [4.69, 9.17) is 4.74 Å². The van der Waals surface area contributed by atoms with E-state index < -0.39 is 22.9 Å². The molecular weight excluding hydrogens is 584 g/mol. The van der Waals surface area contributed by atoms with Crippen LogP contribution < -0.4 is 25.0 Å². The molecule has 41 heavy (non-hydrogen) atoms. The molecule has 1 saturated heterocycles. The predicted molar refractivity (Wildman–Crippen MR) is 172 cm³/mol. The minimum Gasteiger partial charge on any atom is -0.497 e. The maximum Gasteiger partial charge on any atom is 0.251 e. The summed E-state index contributed by atoms with van der Waals surface area (Å²) >= 11 is 1.57. The van der Waals surface area contributed by atoms with Gasteiger partial charge in [-0.05, 0) is 84.5 Å². The van der Waals surface area contributed by atoms with Crippen LogP contribution in [0, 0.1) is 0 Å². The van der Waals surface area contributed by atoms with Gasteiger partial charge in [0, 0.05) is 37.4 Å². The Morgan fingerprint density at radius 3 is 2.68 bits per heavy atom. The van der Waals surface area contributed by atoms with Gasteiger partial charge in [-0.2, -0.15) is 11.3 Å². The third-order valence-electron chi connectivity index (χ3n) is 6.86. The number of carbonyl (C=O) groups is 1. The molecule has 2 heterocycles. The molecular formula is C29H41ClN4O5S2. The topological polar surface area (TPSA) is 126 Å². The van der Waals surface area contributed by atoms with E-state index in [2.05, 4.69) is 16.0 Å². The van der Waals surface area contributed by atoms with Gasteiger partial charge in [-0.1, -0.05) is 12.1 Å². The van der Waals surface area contributed by atoms with Gasteiger partial charge < -0.3 is 25.8 Å². The highest BCUT2D eigenvalue weighted by atomic mass is 35.5. The van der Waals surface area contributed by atoms with E-state index in [0.29, 0.717) is 43.1 Å². The Labute approximate surface area is 254 Å². The van der Waals surface area contributed by atoms with Crippen LogP contribution in [-0.4, -0.2) is 64.8 Å². The number of methoxy groups -OCH3 is 1. The molecule has 12 heteroatoms. The average molecular weight is 625 g/mol. The molecule has 4 rings (SSSR count). The van der Waals surface area contributed by atoms with Crippen molar-refractivity contribution in [1.82, 2.24) is 10.6 Å². The predicted octanol–water partition coefficient (Wildman–Crippen LogP) is 5.37. The zero-order chi connectivity index (χ0) is 28.5. The maximum atomic E-state index is 13.6. The van der Waals surface area contributed by atoms with Crippen molar-refractivity contribution >= 4 is 51.8 Å². The summed E-state index contributed by atoms with van der Waals surface area (Å²) in [6.45, 7) is 3.96. The molecule has 1 aliphatic rings. The van der Waals surface area contributed by atoms with Gasteiger partial charge in [-0.3, -0.25) is 18.2 Å². The average Bonchev–Trinajstić information content (AvgIpc) is 3.45. The van der Waals surface area contributed by atoms with Crippen molar-refractivity contribution in [2.24, 2.45) is 0 Å². The molecule has 226 valence electrons. The fourth-order valence-electron chi connectivity index (χ4n) is 4.78. The molecule has 9 nitrogen and oxygen atoms in total. The van der Waals surface area contributed by atoms with Crippen LogP contribution in [0.2, 0.25) is 0 Å². The minimum absolute atomic E-state index is 0. The number of halogens is 1. The van der Waals surface area contributed by atoms with Crippen molar-refractivity contribution in [1.29, 1.82) is 0 Å². The largest absolute Gasteiger partial charge is 0.497 e. The van der Waals surface area contributed by atoms with Crippen LogP contribution >= 0.6 is 34.5 Å². The molecule has 2 atom stereocenters. The number of ether oxygens (including phenoxy) is 1.